The molecule has 0 bridgehead atoms. The van der Waals surface area contributed by atoms with E-state index in [1.807, 2.05) is 0 Å². The second-order valence-electron chi connectivity index (χ2n) is 5.68. The van der Waals surface area contributed by atoms with Crippen LogP contribution in [0.4, 0.5) is 0 Å². The van der Waals surface area contributed by atoms with E-state index in [0.717, 1.165) is 32.7 Å². The van der Waals surface area contributed by atoms with Crippen LogP contribution in [0.3, 0.4) is 0 Å². The van der Waals surface area contributed by atoms with Gasteiger partial charge in [0.15, 0.2) is 0 Å². The van der Waals surface area contributed by atoms with Crippen molar-refractivity contribution < 1.29 is 9.90 Å². The molecule has 0 spiro atoms. The molecule has 17 heavy (non-hydrogen) atoms. The molecular formula is C12H21N3O2. The van der Waals surface area contributed by atoms with Crippen LogP contribution in [0.25, 0.3) is 0 Å². The number of carboxylic acids is 1. The lowest BCUT2D eigenvalue weighted by atomic mass is 9.85. The molecule has 0 amide bonds. The second kappa shape index (κ2) is 4.23. The summed E-state index contributed by atoms with van der Waals surface area (Å²) in [7, 11) is 0. The predicted molar refractivity (Wildman–Crippen MR) is 64.0 cm³/mol. The maximum Gasteiger partial charge on any atom is 0.305 e. The zero-order valence-corrected chi connectivity index (χ0v) is 10.2. The molecule has 2 N–H and O–H groups in total. The zero-order chi connectivity index (χ0) is 11.9. The minimum Gasteiger partial charge on any atom is -0.481 e. The van der Waals surface area contributed by atoms with Crippen molar-refractivity contribution in [3.63, 3.8) is 0 Å². The Balaban J connectivity index is 1.68. The van der Waals surface area contributed by atoms with Crippen molar-refractivity contribution in [2.45, 2.75) is 30.8 Å². The van der Waals surface area contributed by atoms with Crippen molar-refractivity contribution in [1.29, 1.82) is 0 Å². The van der Waals surface area contributed by atoms with Gasteiger partial charge >= 0.3 is 5.97 Å². The molecule has 96 valence electrons. The number of carboxylic acid groups (broad SMARTS) is 1. The summed E-state index contributed by atoms with van der Waals surface area (Å²) in [4.78, 5) is 16.0. The highest BCUT2D eigenvalue weighted by molar-refractivity contribution is 5.68. The number of nitrogens with one attached hydrogen (secondary N) is 1. The van der Waals surface area contributed by atoms with E-state index in [9.17, 15) is 4.79 Å². The molecule has 0 aromatic heterocycles. The molecular weight excluding hydrogens is 218 g/mol. The fraction of sp³-hybridized carbons (Fsp3) is 0.917. The second-order valence-corrected chi connectivity index (χ2v) is 5.68. The van der Waals surface area contributed by atoms with E-state index in [4.69, 9.17) is 5.11 Å². The molecule has 0 aromatic carbocycles. The van der Waals surface area contributed by atoms with Gasteiger partial charge in [0.05, 0.1) is 12.0 Å². The first-order chi connectivity index (χ1) is 8.20. The molecule has 0 radical (unpaired) electrons. The summed E-state index contributed by atoms with van der Waals surface area (Å²) in [5, 5.41) is 12.3. The van der Waals surface area contributed by atoms with Gasteiger partial charge in [0, 0.05) is 38.8 Å². The number of hydrogen-bond acceptors (Lipinski definition) is 4. The highest BCUT2D eigenvalue weighted by Gasteiger charge is 2.47. The fourth-order valence-corrected chi connectivity index (χ4v) is 3.58. The Morgan fingerprint density at radius 2 is 2.18 bits per heavy atom. The Kier molecular flexibility index (Phi) is 2.84. The van der Waals surface area contributed by atoms with Crippen LogP contribution < -0.4 is 5.32 Å². The molecule has 0 saturated carbocycles. The number of nitrogens with zero attached hydrogens (tertiary/aromatic N) is 2. The molecule has 3 aliphatic heterocycles. The quantitative estimate of drug-likeness (QED) is 0.701. The summed E-state index contributed by atoms with van der Waals surface area (Å²) >= 11 is 0. The normalized spacial score (nSPS) is 33.1. The van der Waals surface area contributed by atoms with Gasteiger partial charge in [-0.2, -0.15) is 0 Å². The van der Waals surface area contributed by atoms with E-state index >= 15 is 0 Å². The van der Waals surface area contributed by atoms with Gasteiger partial charge in [-0.25, -0.2) is 0 Å². The third kappa shape index (κ3) is 1.96. The van der Waals surface area contributed by atoms with Crippen molar-refractivity contribution >= 4 is 5.97 Å². The summed E-state index contributed by atoms with van der Waals surface area (Å²) in [6.07, 6.45) is 2.88. The van der Waals surface area contributed by atoms with Crippen LogP contribution in [-0.2, 0) is 4.79 Å². The summed E-state index contributed by atoms with van der Waals surface area (Å²) in [6.45, 7) is 6.13. The Morgan fingerprint density at radius 3 is 2.82 bits per heavy atom. The topological polar surface area (TPSA) is 55.8 Å². The molecule has 1 atom stereocenters. The SMILES string of the molecule is O=C(O)CC1(N2CCN3CCCC3C2)CNC1. The summed E-state index contributed by atoms with van der Waals surface area (Å²) in [5.74, 6) is -0.666. The Morgan fingerprint density at radius 1 is 1.35 bits per heavy atom. The van der Waals surface area contributed by atoms with Gasteiger partial charge in [0.2, 0.25) is 0 Å². The van der Waals surface area contributed by atoms with Crippen LogP contribution in [0.5, 0.6) is 0 Å². The Bertz CT molecular complexity index is 317. The van der Waals surface area contributed by atoms with Crippen LogP contribution in [0.1, 0.15) is 19.3 Å². The number of piperazine rings is 1. The first-order valence-electron chi connectivity index (χ1n) is 6.61. The molecule has 3 aliphatic rings. The lowest BCUT2D eigenvalue weighted by molar-refractivity contribution is -0.142. The average molecular weight is 239 g/mol. The van der Waals surface area contributed by atoms with Crippen LogP contribution in [-0.4, -0.2) is 71.7 Å². The summed E-state index contributed by atoms with van der Waals surface area (Å²) < 4.78 is 0. The first-order valence-corrected chi connectivity index (χ1v) is 6.61. The number of rotatable bonds is 3. The monoisotopic (exact) mass is 239 g/mol. The fourth-order valence-electron chi connectivity index (χ4n) is 3.58. The van der Waals surface area contributed by atoms with E-state index in [-0.39, 0.29) is 12.0 Å². The Labute approximate surface area is 102 Å². The smallest absolute Gasteiger partial charge is 0.305 e. The van der Waals surface area contributed by atoms with Crippen molar-refractivity contribution in [3.05, 3.63) is 0 Å². The third-order valence-corrected chi connectivity index (χ3v) is 4.65. The molecule has 3 fully saturated rings. The van der Waals surface area contributed by atoms with Gasteiger partial charge < -0.3 is 10.4 Å². The molecule has 1 unspecified atom stereocenters. The third-order valence-electron chi connectivity index (χ3n) is 4.65. The van der Waals surface area contributed by atoms with Crippen LogP contribution >= 0.6 is 0 Å². The standard InChI is InChI=1S/C12H21N3O2/c16-11(17)6-12(8-13-9-12)15-5-4-14-3-1-2-10(14)7-15/h10,13H,1-9H2,(H,16,17). The maximum absolute atomic E-state index is 11.0. The van der Waals surface area contributed by atoms with Crippen LogP contribution in [0, 0.1) is 0 Å². The highest BCUT2D eigenvalue weighted by Crippen LogP contribution is 2.30. The van der Waals surface area contributed by atoms with E-state index in [0.29, 0.717) is 6.04 Å². The predicted octanol–water partition coefficient (Wildman–Crippen LogP) is -0.417. The van der Waals surface area contributed by atoms with Gasteiger partial charge in [-0.3, -0.25) is 14.6 Å². The zero-order valence-electron chi connectivity index (χ0n) is 10.2. The summed E-state index contributed by atoms with van der Waals surface area (Å²) in [5.41, 5.74) is -0.0967. The molecule has 3 heterocycles. The lowest BCUT2D eigenvalue weighted by Gasteiger charge is -2.53. The maximum atomic E-state index is 11.0. The summed E-state index contributed by atoms with van der Waals surface area (Å²) in [6, 6.07) is 0.676. The van der Waals surface area contributed by atoms with Gasteiger partial charge in [-0.15, -0.1) is 0 Å². The first kappa shape index (κ1) is 11.4. The van der Waals surface area contributed by atoms with E-state index in [1.54, 1.807) is 0 Å². The Hall–Kier alpha value is -0.650. The largest absolute Gasteiger partial charge is 0.481 e. The van der Waals surface area contributed by atoms with Crippen molar-refractivity contribution in [2.24, 2.45) is 0 Å². The van der Waals surface area contributed by atoms with Crippen molar-refractivity contribution in [1.82, 2.24) is 15.1 Å². The van der Waals surface area contributed by atoms with E-state index in [1.165, 1.54) is 19.4 Å². The van der Waals surface area contributed by atoms with Crippen LogP contribution in [0.2, 0.25) is 0 Å². The minimum atomic E-state index is -0.666. The number of carbonyl (C=O) groups is 1. The minimum absolute atomic E-state index is 0.0967. The van der Waals surface area contributed by atoms with Crippen LogP contribution in [0.15, 0.2) is 0 Å². The van der Waals surface area contributed by atoms with Gasteiger partial charge in [-0.05, 0) is 19.4 Å². The molecule has 3 rings (SSSR count). The molecule has 0 aliphatic carbocycles. The van der Waals surface area contributed by atoms with E-state index in [2.05, 4.69) is 15.1 Å². The molecule has 5 heteroatoms. The number of fused-ring (bicyclic) bond motifs is 1. The molecule has 3 saturated heterocycles. The lowest BCUT2D eigenvalue weighted by Crippen LogP contribution is -2.72. The van der Waals surface area contributed by atoms with Crippen molar-refractivity contribution in [2.75, 3.05) is 39.3 Å². The number of aliphatic carboxylic acids is 1. The molecule has 5 nitrogen and oxygen atoms in total. The average Bonchev–Trinajstić information content (AvgIpc) is 2.69. The van der Waals surface area contributed by atoms with E-state index < -0.39 is 5.97 Å². The van der Waals surface area contributed by atoms with Gasteiger partial charge in [-0.1, -0.05) is 0 Å². The van der Waals surface area contributed by atoms with Crippen molar-refractivity contribution in [3.8, 4) is 0 Å². The highest BCUT2D eigenvalue weighted by atomic mass is 16.4. The van der Waals surface area contributed by atoms with Gasteiger partial charge in [0.1, 0.15) is 0 Å². The number of hydrogen-bond donors (Lipinski definition) is 2. The van der Waals surface area contributed by atoms with Gasteiger partial charge in [0.25, 0.3) is 0 Å². The molecule has 0 aromatic rings.